The van der Waals surface area contributed by atoms with E-state index < -0.39 is 10.0 Å². The van der Waals surface area contributed by atoms with Gasteiger partial charge in [0.2, 0.25) is 0 Å². The molecule has 0 fully saturated rings. The number of aryl methyl sites for hydroxylation is 1. The summed E-state index contributed by atoms with van der Waals surface area (Å²) in [5.74, 6) is 0.297. The molecule has 1 heterocycles. The average molecular weight is 428 g/mol. The number of amides is 1. The Morgan fingerprint density at radius 1 is 1.00 bits per heavy atom. The summed E-state index contributed by atoms with van der Waals surface area (Å²) in [6, 6.07) is 13.7. The molecule has 6 nitrogen and oxygen atoms in total. The number of amidine groups is 1. The van der Waals surface area contributed by atoms with Crippen LogP contribution in [0.4, 0.5) is 5.69 Å². The molecule has 1 aliphatic rings. The van der Waals surface area contributed by atoms with Gasteiger partial charge in [0.1, 0.15) is 5.84 Å². The Balaban J connectivity index is 1.62. The van der Waals surface area contributed by atoms with E-state index in [0.29, 0.717) is 30.1 Å². The van der Waals surface area contributed by atoms with Gasteiger partial charge in [0.05, 0.1) is 4.90 Å². The van der Waals surface area contributed by atoms with Gasteiger partial charge in [-0.05, 0) is 67.6 Å². The second-order valence-corrected chi connectivity index (χ2v) is 9.21. The Morgan fingerprint density at radius 2 is 1.73 bits per heavy atom. The summed E-state index contributed by atoms with van der Waals surface area (Å²) in [5, 5.41) is 2.81. The van der Waals surface area contributed by atoms with Crippen LogP contribution in [0.25, 0.3) is 0 Å². The van der Waals surface area contributed by atoms with Gasteiger partial charge in [0.15, 0.2) is 0 Å². The van der Waals surface area contributed by atoms with E-state index in [2.05, 4.69) is 22.0 Å². The zero-order valence-electron chi connectivity index (χ0n) is 17.4. The monoisotopic (exact) mass is 427 g/mol. The molecule has 0 aliphatic carbocycles. The first-order chi connectivity index (χ1) is 14.5. The highest BCUT2D eigenvalue weighted by Gasteiger charge is 2.17. The van der Waals surface area contributed by atoms with Gasteiger partial charge >= 0.3 is 0 Å². The van der Waals surface area contributed by atoms with Crippen LogP contribution >= 0.6 is 0 Å². The fraction of sp³-hybridized carbons (Fsp3) is 0.391. The van der Waals surface area contributed by atoms with E-state index in [1.54, 1.807) is 12.1 Å². The maximum Gasteiger partial charge on any atom is 0.262 e. The number of hydrogen-bond acceptors (Lipinski definition) is 4. The predicted molar refractivity (Wildman–Crippen MR) is 121 cm³/mol. The molecule has 2 aromatic rings. The molecule has 30 heavy (non-hydrogen) atoms. The summed E-state index contributed by atoms with van der Waals surface area (Å²) in [5.41, 5.74) is 2.33. The third-order valence-corrected chi connectivity index (χ3v) is 6.48. The van der Waals surface area contributed by atoms with Gasteiger partial charge in [-0.1, -0.05) is 31.9 Å². The van der Waals surface area contributed by atoms with Crippen molar-refractivity contribution in [2.24, 2.45) is 4.99 Å². The van der Waals surface area contributed by atoms with Crippen LogP contribution in [0.1, 0.15) is 61.4 Å². The van der Waals surface area contributed by atoms with Crippen molar-refractivity contribution in [3.05, 3.63) is 59.7 Å². The van der Waals surface area contributed by atoms with Gasteiger partial charge in [0.25, 0.3) is 15.9 Å². The third kappa shape index (κ3) is 6.16. The number of sulfonamides is 1. The number of carbonyl (C=O) groups excluding carboxylic acids is 1. The van der Waals surface area contributed by atoms with Crippen LogP contribution < -0.4 is 10.0 Å². The molecule has 160 valence electrons. The van der Waals surface area contributed by atoms with Gasteiger partial charge in [-0.15, -0.1) is 0 Å². The molecule has 0 bridgehead atoms. The Bertz CT molecular complexity index is 981. The largest absolute Gasteiger partial charge is 0.322 e. The molecular weight excluding hydrogens is 398 g/mol. The van der Waals surface area contributed by atoms with Gasteiger partial charge in [-0.25, -0.2) is 8.42 Å². The molecule has 0 unspecified atom stereocenters. The predicted octanol–water partition coefficient (Wildman–Crippen LogP) is 4.53. The summed E-state index contributed by atoms with van der Waals surface area (Å²) in [7, 11) is -3.68. The fourth-order valence-corrected chi connectivity index (χ4v) is 4.38. The van der Waals surface area contributed by atoms with Crippen molar-refractivity contribution in [1.29, 1.82) is 0 Å². The van der Waals surface area contributed by atoms with Crippen molar-refractivity contribution in [3.63, 3.8) is 0 Å². The molecule has 3 rings (SSSR count). The lowest BCUT2D eigenvalue weighted by molar-refractivity contribution is 0.102. The smallest absolute Gasteiger partial charge is 0.262 e. The minimum absolute atomic E-state index is 0.146. The Hall–Kier alpha value is -2.67. The van der Waals surface area contributed by atoms with E-state index in [4.69, 9.17) is 0 Å². The zero-order chi connectivity index (χ0) is 21.4. The van der Waals surface area contributed by atoms with E-state index in [1.807, 2.05) is 24.3 Å². The quantitative estimate of drug-likeness (QED) is 0.680. The van der Waals surface area contributed by atoms with E-state index in [-0.39, 0.29) is 10.8 Å². The summed E-state index contributed by atoms with van der Waals surface area (Å²) in [6.45, 7) is 2.81. The molecule has 0 radical (unpaired) electrons. The first-order valence-corrected chi connectivity index (χ1v) is 12.0. The molecule has 7 heteroatoms. The number of carbonyl (C=O) groups is 1. The van der Waals surface area contributed by atoms with Crippen LogP contribution in [0.15, 0.2) is 58.4 Å². The lowest BCUT2D eigenvalue weighted by Crippen LogP contribution is -2.30. The van der Waals surface area contributed by atoms with Crippen LogP contribution in [0.5, 0.6) is 0 Å². The van der Waals surface area contributed by atoms with Crippen LogP contribution in [0, 0.1) is 0 Å². The number of nitrogens with one attached hydrogen (secondary N) is 2. The van der Waals surface area contributed by atoms with E-state index in [1.165, 1.54) is 17.7 Å². The van der Waals surface area contributed by atoms with Gasteiger partial charge < -0.3 is 5.32 Å². The average Bonchev–Trinajstić information content (AvgIpc) is 3.01. The number of unbranched alkanes of at least 4 members (excludes halogenated alkanes) is 1. The van der Waals surface area contributed by atoms with Crippen molar-refractivity contribution in [3.8, 4) is 0 Å². The first-order valence-electron chi connectivity index (χ1n) is 10.5. The number of hydrogen-bond donors (Lipinski definition) is 2. The van der Waals surface area contributed by atoms with E-state index >= 15 is 0 Å². The molecule has 0 saturated carbocycles. The highest BCUT2D eigenvalue weighted by Crippen LogP contribution is 2.17. The maximum absolute atomic E-state index is 12.6. The molecule has 1 aliphatic heterocycles. The summed E-state index contributed by atoms with van der Waals surface area (Å²) < 4.78 is 27.8. The number of anilines is 1. The van der Waals surface area contributed by atoms with Crippen LogP contribution in [-0.4, -0.2) is 26.7 Å². The minimum atomic E-state index is -3.68. The van der Waals surface area contributed by atoms with Crippen molar-refractivity contribution >= 4 is 27.5 Å². The third-order valence-electron chi connectivity index (χ3n) is 5.08. The molecule has 1 amide bonds. The van der Waals surface area contributed by atoms with Gasteiger partial charge in [-0.2, -0.15) is 0 Å². The number of aliphatic imine (C=N–C) groups is 1. The lowest BCUT2D eigenvalue weighted by Gasteiger charge is -2.11. The standard InChI is InChI=1S/C23H29N3O3S/c1-2-3-7-18-9-11-19(12-10-18)23(27)25-20-13-15-21(16-14-20)30(28,29)26-22-8-5-4-6-17-24-22/h9-16H,2-8,17H2,1H3,(H,24,26)(H,25,27). The molecule has 2 aromatic carbocycles. The molecule has 0 spiro atoms. The first kappa shape index (κ1) is 22.0. The summed E-state index contributed by atoms with van der Waals surface area (Å²) in [6.07, 6.45) is 6.90. The molecule has 0 aromatic heterocycles. The van der Waals surface area contributed by atoms with E-state index in [0.717, 1.165) is 38.5 Å². The van der Waals surface area contributed by atoms with Gasteiger partial charge in [0, 0.05) is 24.2 Å². The minimum Gasteiger partial charge on any atom is -0.322 e. The highest BCUT2D eigenvalue weighted by molar-refractivity contribution is 7.90. The second-order valence-electron chi connectivity index (χ2n) is 7.52. The van der Waals surface area contributed by atoms with E-state index in [9.17, 15) is 13.2 Å². The fourth-order valence-electron chi connectivity index (χ4n) is 3.30. The van der Waals surface area contributed by atoms with Gasteiger partial charge in [-0.3, -0.25) is 14.5 Å². The zero-order valence-corrected chi connectivity index (χ0v) is 18.2. The van der Waals surface area contributed by atoms with Crippen molar-refractivity contribution in [1.82, 2.24) is 4.72 Å². The van der Waals surface area contributed by atoms with Crippen LogP contribution in [0.2, 0.25) is 0 Å². The SMILES string of the molecule is CCCCc1ccc(C(=O)Nc2ccc(S(=O)(=O)NC3=NCCCCC3)cc2)cc1. The topological polar surface area (TPSA) is 87.6 Å². The summed E-state index contributed by atoms with van der Waals surface area (Å²) >= 11 is 0. The Labute approximate surface area is 178 Å². The molecular formula is C23H29N3O3S. The van der Waals surface area contributed by atoms with Crippen molar-refractivity contribution in [2.45, 2.75) is 56.8 Å². The van der Waals surface area contributed by atoms with Crippen LogP contribution in [-0.2, 0) is 16.4 Å². The molecule has 0 atom stereocenters. The maximum atomic E-state index is 12.6. The second kappa shape index (κ2) is 10.4. The molecule has 2 N–H and O–H groups in total. The molecule has 0 saturated heterocycles. The normalized spacial score (nSPS) is 14.5. The van der Waals surface area contributed by atoms with Crippen molar-refractivity contribution < 1.29 is 13.2 Å². The highest BCUT2D eigenvalue weighted by atomic mass is 32.2. The number of benzene rings is 2. The number of nitrogens with zero attached hydrogens (tertiary/aromatic N) is 1. The number of rotatable bonds is 7. The lowest BCUT2D eigenvalue weighted by atomic mass is 10.1. The Morgan fingerprint density at radius 3 is 2.43 bits per heavy atom. The van der Waals surface area contributed by atoms with Crippen LogP contribution in [0.3, 0.4) is 0 Å². The summed E-state index contributed by atoms with van der Waals surface area (Å²) in [4.78, 5) is 16.9. The van der Waals surface area contributed by atoms with Crippen molar-refractivity contribution in [2.75, 3.05) is 11.9 Å². The Kier molecular flexibility index (Phi) is 7.63.